The highest BCUT2D eigenvalue weighted by Crippen LogP contribution is 2.61. The number of hydrogen-bond acceptors (Lipinski definition) is 4. The number of nitrogens with zero attached hydrogens (tertiary/aromatic N) is 1. The van der Waals surface area contributed by atoms with Gasteiger partial charge in [-0.05, 0) is 44.3 Å². The van der Waals surface area contributed by atoms with Gasteiger partial charge in [0.2, 0.25) is 0 Å². The molecule has 5 rings (SSSR count). The van der Waals surface area contributed by atoms with Crippen LogP contribution in [0.2, 0.25) is 0 Å². The molecule has 1 saturated carbocycles. The fourth-order valence-corrected chi connectivity index (χ4v) is 5.71. The van der Waals surface area contributed by atoms with E-state index in [0.717, 1.165) is 37.1 Å². The van der Waals surface area contributed by atoms with Crippen LogP contribution in [0.3, 0.4) is 0 Å². The Bertz CT molecular complexity index is 685. The van der Waals surface area contributed by atoms with Gasteiger partial charge in [-0.1, -0.05) is 12.1 Å². The monoisotopic (exact) mass is 299 g/mol. The summed E-state index contributed by atoms with van der Waals surface area (Å²) in [5.74, 6) is 1.59. The number of Topliss-reactive ketones (excluding diaryl/α,β-unsaturated/α-hetero) is 1. The topological polar surface area (TPSA) is 49.8 Å². The third-order valence-corrected chi connectivity index (χ3v) is 6.66. The molecule has 0 amide bonds. The molecule has 4 heteroatoms. The van der Waals surface area contributed by atoms with Crippen molar-refractivity contribution >= 4 is 5.78 Å². The number of hydrogen-bond donors (Lipinski definition) is 1. The molecule has 4 aliphatic rings. The number of aliphatic hydroxyl groups excluding tert-OH is 1. The molecule has 4 atom stereocenters. The molecule has 1 saturated heterocycles. The Morgan fingerprint density at radius 3 is 3.14 bits per heavy atom. The van der Waals surface area contributed by atoms with E-state index in [4.69, 9.17) is 4.74 Å². The zero-order valence-corrected chi connectivity index (χ0v) is 12.8. The van der Waals surface area contributed by atoms with Crippen molar-refractivity contribution < 1.29 is 14.6 Å². The molecule has 1 aromatic carbocycles. The third kappa shape index (κ3) is 1.30. The first kappa shape index (κ1) is 13.1. The second-order valence-electron chi connectivity index (χ2n) is 7.40. The van der Waals surface area contributed by atoms with Crippen molar-refractivity contribution in [1.82, 2.24) is 4.90 Å². The van der Waals surface area contributed by atoms with Crippen molar-refractivity contribution in [1.29, 1.82) is 0 Å². The third-order valence-electron chi connectivity index (χ3n) is 6.66. The zero-order chi connectivity index (χ0) is 15.1. The Hall–Kier alpha value is -1.39. The van der Waals surface area contributed by atoms with Crippen molar-refractivity contribution in [2.24, 2.45) is 5.92 Å². The molecule has 0 unspecified atom stereocenters. The van der Waals surface area contributed by atoms with E-state index < -0.39 is 0 Å². The molecular formula is C18H21NO3. The number of aliphatic hydroxyl groups is 1. The second kappa shape index (κ2) is 4.12. The van der Waals surface area contributed by atoms with Crippen LogP contribution >= 0.6 is 0 Å². The van der Waals surface area contributed by atoms with E-state index in [1.807, 2.05) is 6.07 Å². The summed E-state index contributed by atoms with van der Waals surface area (Å²) in [5, 5.41) is 9.67. The summed E-state index contributed by atoms with van der Waals surface area (Å²) in [4.78, 5) is 15.1. The Balaban J connectivity index is 1.81. The zero-order valence-electron chi connectivity index (χ0n) is 12.8. The molecule has 2 fully saturated rings. The lowest BCUT2D eigenvalue weighted by molar-refractivity contribution is -0.138. The molecule has 2 aliphatic carbocycles. The van der Waals surface area contributed by atoms with Crippen LogP contribution in [-0.2, 0) is 23.2 Å². The molecule has 2 bridgehead atoms. The second-order valence-corrected chi connectivity index (χ2v) is 7.40. The van der Waals surface area contributed by atoms with Gasteiger partial charge in [0.25, 0.3) is 0 Å². The summed E-state index contributed by atoms with van der Waals surface area (Å²) in [7, 11) is 2.22. The van der Waals surface area contributed by atoms with Crippen molar-refractivity contribution in [3.8, 4) is 5.75 Å². The summed E-state index contributed by atoms with van der Waals surface area (Å²) < 4.78 is 6.22. The molecule has 116 valence electrons. The van der Waals surface area contributed by atoms with Crippen LogP contribution < -0.4 is 4.74 Å². The normalized spacial score (nSPS) is 38.6. The quantitative estimate of drug-likeness (QED) is 0.852. The standard InChI is InChI=1S/C18H21NO3/c1-19-7-6-18-12-4-5-14(21)17(18)22-16-11(9-20)3-2-10(15(16)18)8-13(12)19/h2-3,12-13,17,20H,4-9H2,1H3/t12-,13+,17-,18-/m0/s1. The van der Waals surface area contributed by atoms with Gasteiger partial charge in [0.1, 0.15) is 5.75 Å². The van der Waals surface area contributed by atoms with Crippen LogP contribution in [0.4, 0.5) is 0 Å². The average Bonchev–Trinajstić information content (AvgIpc) is 2.88. The molecule has 1 aromatic rings. The highest BCUT2D eigenvalue weighted by molar-refractivity contribution is 5.89. The lowest BCUT2D eigenvalue weighted by Crippen LogP contribution is -2.65. The molecule has 1 N–H and O–H groups in total. The number of carbonyl (C=O) groups is 1. The van der Waals surface area contributed by atoms with Crippen LogP contribution in [0.25, 0.3) is 0 Å². The Morgan fingerprint density at radius 2 is 2.32 bits per heavy atom. The molecule has 0 radical (unpaired) electrons. The van der Waals surface area contributed by atoms with Gasteiger partial charge in [-0.15, -0.1) is 0 Å². The maximum absolute atomic E-state index is 12.6. The number of benzene rings is 1. The van der Waals surface area contributed by atoms with Crippen molar-refractivity contribution in [2.75, 3.05) is 13.6 Å². The number of ether oxygens (including phenoxy) is 1. The van der Waals surface area contributed by atoms with Gasteiger partial charge < -0.3 is 14.7 Å². The van der Waals surface area contributed by atoms with Crippen LogP contribution in [0.15, 0.2) is 12.1 Å². The fourth-order valence-electron chi connectivity index (χ4n) is 5.71. The highest BCUT2D eigenvalue weighted by atomic mass is 16.5. The lowest BCUT2D eigenvalue weighted by atomic mass is 9.51. The molecular weight excluding hydrogens is 278 g/mol. The van der Waals surface area contributed by atoms with Crippen LogP contribution in [0.1, 0.15) is 36.0 Å². The number of likely N-dealkylation sites (tertiary alicyclic amines) is 1. The van der Waals surface area contributed by atoms with Crippen molar-refractivity contribution in [3.05, 3.63) is 28.8 Å². The number of ketones is 1. The van der Waals surface area contributed by atoms with Gasteiger partial charge in [0.15, 0.2) is 11.9 Å². The average molecular weight is 299 g/mol. The van der Waals surface area contributed by atoms with Crippen LogP contribution in [-0.4, -0.2) is 41.5 Å². The Kier molecular flexibility index (Phi) is 2.45. The summed E-state index contributed by atoms with van der Waals surface area (Å²) in [5.41, 5.74) is 3.32. The van der Waals surface area contributed by atoms with Gasteiger partial charge in [-0.25, -0.2) is 0 Å². The van der Waals surface area contributed by atoms with E-state index in [2.05, 4.69) is 18.0 Å². The first-order valence-corrected chi connectivity index (χ1v) is 8.32. The summed E-state index contributed by atoms with van der Waals surface area (Å²) in [6.45, 7) is 1.00. The minimum atomic E-state index is -0.316. The van der Waals surface area contributed by atoms with E-state index in [1.54, 1.807) is 0 Å². The van der Waals surface area contributed by atoms with Gasteiger partial charge in [0.05, 0.1) is 6.61 Å². The van der Waals surface area contributed by atoms with Crippen molar-refractivity contribution in [2.45, 2.75) is 49.9 Å². The number of piperidine rings is 1. The predicted octanol–water partition coefficient (Wildman–Crippen LogP) is 1.42. The molecule has 1 spiro atoms. The summed E-state index contributed by atoms with van der Waals surface area (Å²) in [6.07, 6.45) is 3.34. The minimum Gasteiger partial charge on any atom is -0.481 e. The Morgan fingerprint density at radius 1 is 1.45 bits per heavy atom. The van der Waals surface area contributed by atoms with E-state index in [-0.39, 0.29) is 23.9 Å². The number of likely N-dealkylation sites (N-methyl/N-ethyl adjacent to an activating group) is 1. The summed E-state index contributed by atoms with van der Waals surface area (Å²) in [6, 6.07) is 4.65. The van der Waals surface area contributed by atoms with Crippen molar-refractivity contribution in [3.63, 3.8) is 0 Å². The summed E-state index contributed by atoms with van der Waals surface area (Å²) >= 11 is 0. The maximum atomic E-state index is 12.6. The first-order chi connectivity index (χ1) is 10.7. The van der Waals surface area contributed by atoms with E-state index in [0.29, 0.717) is 18.4 Å². The van der Waals surface area contributed by atoms with E-state index >= 15 is 0 Å². The largest absolute Gasteiger partial charge is 0.481 e. The van der Waals surface area contributed by atoms with E-state index in [1.165, 1.54) is 11.1 Å². The van der Waals surface area contributed by atoms with Crippen LogP contribution in [0, 0.1) is 5.92 Å². The SMILES string of the molecule is CN1CC[C@]23c4c5ccc(CO)c4O[C@H]2C(=O)CC[C@H]3[C@H]1C5. The van der Waals surface area contributed by atoms with Gasteiger partial charge >= 0.3 is 0 Å². The maximum Gasteiger partial charge on any atom is 0.174 e. The Labute approximate surface area is 130 Å². The first-order valence-electron chi connectivity index (χ1n) is 8.32. The molecule has 2 heterocycles. The van der Waals surface area contributed by atoms with Gasteiger partial charge in [-0.2, -0.15) is 0 Å². The smallest absolute Gasteiger partial charge is 0.174 e. The van der Waals surface area contributed by atoms with Crippen LogP contribution in [0.5, 0.6) is 5.75 Å². The van der Waals surface area contributed by atoms with Gasteiger partial charge in [0, 0.05) is 29.0 Å². The lowest BCUT2D eigenvalue weighted by Gasteiger charge is -2.57. The number of rotatable bonds is 1. The molecule has 0 aromatic heterocycles. The molecule has 2 aliphatic heterocycles. The van der Waals surface area contributed by atoms with Gasteiger partial charge in [-0.3, -0.25) is 4.79 Å². The highest BCUT2D eigenvalue weighted by Gasteiger charge is 2.65. The van der Waals surface area contributed by atoms with E-state index in [9.17, 15) is 9.90 Å². The predicted molar refractivity (Wildman–Crippen MR) is 80.9 cm³/mol. The minimum absolute atomic E-state index is 0.0202. The molecule has 4 nitrogen and oxygen atoms in total. The number of carbonyl (C=O) groups excluding carboxylic acids is 1. The molecule has 22 heavy (non-hydrogen) atoms. The fraction of sp³-hybridized carbons (Fsp3) is 0.611.